The van der Waals surface area contributed by atoms with Crippen molar-refractivity contribution in [2.75, 3.05) is 19.5 Å². The molecule has 0 radical (unpaired) electrons. The molecule has 0 atom stereocenters. The van der Waals surface area contributed by atoms with Crippen LogP contribution < -0.4 is 14.8 Å². The van der Waals surface area contributed by atoms with Crippen molar-refractivity contribution in [3.63, 3.8) is 0 Å². The fourth-order valence-electron chi connectivity index (χ4n) is 3.10. The molecule has 0 fully saturated rings. The number of carbonyl (C=O) groups excluding carboxylic acids is 1. The molecule has 7 heteroatoms. The van der Waals surface area contributed by atoms with Gasteiger partial charge in [0.15, 0.2) is 11.5 Å². The predicted octanol–water partition coefficient (Wildman–Crippen LogP) is 5.54. The van der Waals surface area contributed by atoms with Crippen LogP contribution in [-0.4, -0.2) is 30.1 Å². The van der Waals surface area contributed by atoms with Crippen molar-refractivity contribution < 1.29 is 14.3 Å². The number of amides is 1. The molecule has 6 nitrogen and oxygen atoms in total. The highest BCUT2D eigenvalue weighted by Gasteiger charge is 2.08. The predicted molar refractivity (Wildman–Crippen MR) is 128 cm³/mol. The Morgan fingerprint density at radius 3 is 2.62 bits per heavy atom. The number of ether oxygens (including phenoxy) is 2. The van der Waals surface area contributed by atoms with E-state index in [-0.39, 0.29) is 5.91 Å². The maximum atomic E-state index is 12.4. The largest absolute Gasteiger partial charge is 0.493 e. The number of hydrogen-bond acceptors (Lipinski definition) is 6. The van der Waals surface area contributed by atoms with E-state index >= 15 is 0 Å². The summed E-state index contributed by atoms with van der Waals surface area (Å²) in [4.78, 5) is 21.3. The van der Waals surface area contributed by atoms with E-state index in [0.717, 1.165) is 27.4 Å². The molecular weight excluding hydrogens is 422 g/mol. The van der Waals surface area contributed by atoms with Gasteiger partial charge in [-0.25, -0.2) is 4.98 Å². The number of benzene rings is 2. The first-order valence-electron chi connectivity index (χ1n) is 9.84. The molecular formula is C25H21N3O3S. The molecule has 4 aromatic rings. The molecule has 32 heavy (non-hydrogen) atoms. The second kappa shape index (κ2) is 9.89. The number of pyridine rings is 1. The van der Waals surface area contributed by atoms with Crippen molar-refractivity contribution in [2.45, 2.75) is 0 Å². The van der Waals surface area contributed by atoms with Crippen molar-refractivity contribution in [1.82, 2.24) is 9.97 Å². The van der Waals surface area contributed by atoms with Crippen LogP contribution >= 0.6 is 11.3 Å². The van der Waals surface area contributed by atoms with Crippen LogP contribution in [0.4, 0.5) is 5.69 Å². The summed E-state index contributed by atoms with van der Waals surface area (Å²) in [6, 6.07) is 17.0. The van der Waals surface area contributed by atoms with Gasteiger partial charge in [-0.3, -0.25) is 9.78 Å². The van der Waals surface area contributed by atoms with Gasteiger partial charge in [-0.1, -0.05) is 18.2 Å². The molecule has 0 spiro atoms. The highest BCUT2D eigenvalue weighted by atomic mass is 32.1. The lowest BCUT2D eigenvalue weighted by atomic mass is 10.1. The number of nitrogens with zero attached hydrogens (tertiary/aromatic N) is 2. The van der Waals surface area contributed by atoms with Gasteiger partial charge in [-0.2, -0.15) is 0 Å². The normalized spacial score (nSPS) is 10.8. The average Bonchev–Trinajstić information content (AvgIpc) is 3.34. The van der Waals surface area contributed by atoms with Gasteiger partial charge < -0.3 is 14.8 Å². The third-order valence-corrected chi connectivity index (χ3v) is 5.56. The fourth-order valence-corrected chi connectivity index (χ4v) is 3.92. The molecule has 0 unspecified atom stereocenters. The Morgan fingerprint density at radius 1 is 1.00 bits per heavy atom. The molecule has 1 N–H and O–H groups in total. The van der Waals surface area contributed by atoms with E-state index in [1.165, 1.54) is 6.08 Å². The second-order valence-corrected chi connectivity index (χ2v) is 7.66. The summed E-state index contributed by atoms with van der Waals surface area (Å²) in [5.74, 6) is 1.02. The van der Waals surface area contributed by atoms with E-state index in [1.807, 2.05) is 53.9 Å². The summed E-state index contributed by atoms with van der Waals surface area (Å²) in [5, 5.41) is 5.80. The zero-order valence-corrected chi connectivity index (χ0v) is 18.4. The van der Waals surface area contributed by atoms with Gasteiger partial charge in [-0.15, -0.1) is 11.3 Å². The summed E-state index contributed by atoms with van der Waals surface area (Å²) in [7, 11) is 3.16. The van der Waals surface area contributed by atoms with Crippen LogP contribution in [0.25, 0.3) is 27.9 Å². The van der Waals surface area contributed by atoms with E-state index in [0.29, 0.717) is 17.2 Å². The monoisotopic (exact) mass is 443 g/mol. The quantitative estimate of drug-likeness (QED) is 0.380. The van der Waals surface area contributed by atoms with Gasteiger partial charge in [0.05, 0.1) is 19.9 Å². The molecule has 0 aliphatic heterocycles. The van der Waals surface area contributed by atoms with Crippen LogP contribution in [0.1, 0.15) is 5.56 Å². The lowest BCUT2D eigenvalue weighted by molar-refractivity contribution is -0.111. The molecule has 2 heterocycles. The zero-order valence-electron chi connectivity index (χ0n) is 17.6. The number of nitrogens with one attached hydrogen (secondary N) is 1. The fraction of sp³-hybridized carbons (Fsp3) is 0.0800. The number of anilines is 1. The van der Waals surface area contributed by atoms with Gasteiger partial charge in [-0.05, 0) is 48.0 Å². The minimum absolute atomic E-state index is 0.230. The van der Waals surface area contributed by atoms with Gasteiger partial charge in [0, 0.05) is 40.7 Å². The molecule has 160 valence electrons. The number of carbonyl (C=O) groups is 1. The second-order valence-electron chi connectivity index (χ2n) is 6.80. The maximum absolute atomic E-state index is 12.4. The van der Waals surface area contributed by atoms with Gasteiger partial charge in [0.1, 0.15) is 5.01 Å². The van der Waals surface area contributed by atoms with Crippen LogP contribution in [0.5, 0.6) is 11.5 Å². The van der Waals surface area contributed by atoms with E-state index in [2.05, 4.69) is 10.3 Å². The number of hydrogen-bond donors (Lipinski definition) is 1. The SMILES string of the molecule is COc1ccc(/C=C/C(=O)Nc2cccc(-c3csc(-c4cccnc4)n3)c2)cc1OC. The summed E-state index contributed by atoms with van der Waals surface area (Å²) in [6.45, 7) is 0. The first kappa shape index (κ1) is 21.3. The molecule has 1 amide bonds. The van der Waals surface area contributed by atoms with Crippen molar-refractivity contribution in [3.05, 3.63) is 84.0 Å². The highest BCUT2D eigenvalue weighted by Crippen LogP contribution is 2.30. The molecule has 2 aromatic carbocycles. The maximum Gasteiger partial charge on any atom is 0.248 e. The van der Waals surface area contributed by atoms with Crippen molar-refractivity contribution in [2.24, 2.45) is 0 Å². The molecule has 0 aliphatic carbocycles. The van der Waals surface area contributed by atoms with Crippen molar-refractivity contribution >= 4 is 29.0 Å². The Hall–Kier alpha value is -3.97. The Bertz CT molecular complexity index is 1250. The van der Waals surface area contributed by atoms with E-state index < -0.39 is 0 Å². The van der Waals surface area contributed by atoms with Crippen LogP contribution in [0.3, 0.4) is 0 Å². The Labute approximate surface area is 190 Å². The molecule has 0 saturated carbocycles. The smallest absolute Gasteiger partial charge is 0.248 e. The third kappa shape index (κ3) is 5.01. The molecule has 4 rings (SSSR count). The average molecular weight is 444 g/mol. The standard InChI is InChI=1S/C25H21N3O3S/c1-30-22-10-8-17(13-23(22)31-2)9-11-24(29)27-20-7-3-5-18(14-20)21-16-32-25(28-21)19-6-4-12-26-15-19/h3-16H,1-2H3,(H,27,29)/b11-9+. The Morgan fingerprint density at radius 2 is 1.84 bits per heavy atom. The number of methoxy groups -OCH3 is 2. The van der Waals surface area contributed by atoms with Crippen LogP contribution in [0.2, 0.25) is 0 Å². The first-order chi connectivity index (χ1) is 15.7. The number of aromatic nitrogens is 2. The first-order valence-corrected chi connectivity index (χ1v) is 10.7. The van der Waals surface area contributed by atoms with E-state index in [1.54, 1.807) is 50.1 Å². The topological polar surface area (TPSA) is 73.3 Å². The lowest BCUT2D eigenvalue weighted by Gasteiger charge is -2.07. The zero-order chi connectivity index (χ0) is 22.3. The van der Waals surface area contributed by atoms with Gasteiger partial charge in [0.25, 0.3) is 0 Å². The molecule has 0 aliphatic rings. The number of rotatable bonds is 7. The van der Waals surface area contributed by atoms with Gasteiger partial charge in [0.2, 0.25) is 5.91 Å². The summed E-state index contributed by atoms with van der Waals surface area (Å²) < 4.78 is 10.5. The van der Waals surface area contributed by atoms with Crippen LogP contribution in [-0.2, 0) is 4.79 Å². The lowest BCUT2D eigenvalue weighted by Crippen LogP contribution is -2.07. The van der Waals surface area contributed by atoms with Crippen LogP contribution in [0, 0.1) is 0 Å². The molecule has 2 aromatic heterocycles. The van der Waals surface area contributed by atoms with Gasteiger partial charge >= 0.3 is 0 Å². The van der Waals surface area contributed by atoms with Crippen molar-refractivity contribution in [3.8, 4) is 33.3 Å². The summed E-state index contributed by atoms with van der Waals surface area (Å²) in [5.41, 5.74) is 4.29. The molecule has 0 bridgehead atoms. The molecule has 0 saturated heterocycles. The summed E-state index contributed by atoms with van der Waals surface area (Å²) in [6.07, 6.45) is 6.74. The minimum atomic E-state index is -0.230. The Kier molecular flexibility index (Phi) is 6.57. The minimum Gasteiger partial charge on any atom is -0.493 e. The Balaban J connectivity index is 1.46. The van der Waals surface area contributed by atoms with Crippen LogP contribution in [0.15, 0.2) is 78.4 Å². The van der Waals surface area contributed by atoms with Crippen molar-refractivity contribution in [1.29, 1.82) is 0 Å². The number of thiazole rings is 1. The van der Waals surface area contributed by atoms with E-state index in [9.17, 15) is 4.79 Å². The van der Waals surface area contributed by atoms with E-state index in [4.69, 9.17) is 14.5 Å². The highest BCUT2D eigenvalue weighted by molar-refractivity contribution is 7.13. The third-order valence-electron chi connectivity index (χ3n) is 4.67. The summed E-state index contributed by atoms with van der Waals surface area (Å²) >= 11 is 1.56.